The van der Waals surface area contributed by atoms with E-state index in [9.17, 15) is 13.9 Å². The van der Waals surface area contributed by atoms with Gasteiger partial charge in [0.2, 0.25) is 0 Å². The molecule has 0 spiro atoms. The molecule has 1 atom stereocenters. The van der Waals surface area contributed by atoms with Gasteiger partial charge in [-0.15, -0.1) is 0 Å². The molecule has 0 aromatic heterocycles. The highest BCUT2D eigenvalue weighted by Crippen LogP contribution is 2.31. The molecule has 1 N–H and O–H groups in total. The maximum atomic E-state index is 13.5. The van der Waals surface area contributed by atoms with Crippen molar-refractivity contribution in [3.63, 3.8) is 0 Å². The summed E-state index contributed by atoms with van der Waals surface area (Å²) in [6.45, 7) is 1.52. The third kappa shape index (κ3) is 3.49. The quantitative estimate of drug-likeness (QED) is 0.915. The Morgan fingerprint density at radius 2 is 1.90 bits per heavy atom. The highest BCUT2D eigenvalue weighted by Gasteiger charge is 2.11. The van der Waals surface area contributed by atoms with Crippen LogP contribution in [0, 0.1) is 11.6 Å². The van der Waals surface area contributed by atoms with Crippen LogP contribution in [0.2, 0.25) is 0 Å². The highest BCUT2D eigenvalue weighted by molar-refractivity contribution is 5.43. The summed E-state index contributed by atoms with van der Waals surface area (Å²) >= 11 is 0. The van der Waals surface area contributed by atoms with Gasteiger partial charge in [-0.3, -0.25) is 0 Å². The van der Waals surface area contributed by atoms with Crippen LogP contribution in [0.5, 0.6) is 11.5 Å². The molecule has 21 heavy (non-hydrogen) atoms. The number of aliphatic hydroxyl groups excluding tert-OH is 1. The standard InChI is InChI=1S/C16H16F2O3/c1-10(19)11-6-7-14(15(8-11)20-2)21-9-12-4-3-5-13(17)16(12)18/h3-8,10,19H,9H2,1-2H3/t10-/m1/s1. The Hall–Kier alpha value is -2.14. The smallest absolute Gasteiger partial charge is 0.165 e. The molecule has 0 aliphatic rings. The molecule has 0 bridgehead atoms. The molecule has 5 heteroatoms. The monoisotopic (exact) mass is 294 g/mol. The zero-order valence-corrected chi connectivity index (χ0v) is 11.8. The third-order valence-corrected chi connectivity index (χ3v) is 3.08. The van der Waals surface area contributed by atoms with Crippen molar-refractivity contribution in [3.05, 3.63) is 59.2 Å². The fourth-order valence-electron chi connectivity index (χ4n) is 1.88. The van der Waals surface area contributed by atoms with Crippen LogP contribution in [0.15, 0.2) is 36.4 Å². The molecule has 0 aliphatic heterocycles. The van der Waals surface area contributed by atoms with E-state index in [0.717, 1.165) is 6.07 Å². The van der Waals surface area contributed by atoms with Gasteiger partial charge in [0.15, 0.2) is 23.1 Å². The van der Waals surface area contributed by atoms with Crippen LogP contribution in [-0.4, -0.2) is 12.2 Å². The Morgan fingerprint density at radius 3 is 2.57 bits per heavy atom. The van der Waals surface area contributed by atoms with E-state index in [2.05, 4.69) is 0 Å². The van der Waals surface area contributed by atoms with Crippen molar-refractivity contribution in [2.75, 3.05) is 7.11 Å². The number of hydrogen-bond acceptors (Lipinski definition) is 3. The minimum absolute atomic E-state index is 0.117. The first-order chi connectivity index (χ1) is 10.0. The maximum Gasteiger partial charge on any atom is 0.165 e. The van der Waals surface area contributed by atoms with Crippen LogP contribution in [0.25, 0.3) is 0 Å². The molecule has 2 rings (SSSR count). The highest BCUT2D eigenvalue weighted by atomic mass is 19.2. The van der Waals surface area contributed by atoms with Gasteiger partial charge in [0.25, 0.3) is 0 Å². The second-order valence-corrected chi connectivity index (χ2v) is 4.59. The van der Waals surface area contributed by atoms with Gasteiger partial charge in [-0.05, 0) is 30.7 Å². The zero-order chi connectivity index (χ0) is 15.4. The molecule has 0 saturated carbocycles. The fraction of sp³-hybridized carbons (Fsp3) is 0.250. The minimum Gasteiger partial charge on any atom is -0.493 e. The SMILES string of the molecule is COc1cc([C@@H](C)O)ccc1OCc1cccc(F)c1F. The van der Waals surface area contributed by atoms with Gasteiger partial charge in [-0.25, -0.2) is 8.78 Å². The summed E-state index contributed by atoms with van der Waals surface area (Å²) in [6, 6.07) is 8.88. The molecule has 3 nitrogen and oxygen atoms in total. The summed E-state index contributed by atoms with van der Waals surface area (Å²) in [4.78, 5) is 0. The third-order valence-electron chi connectivity index (χ3n) is 3.08. The maximum absolute atomic E-state index is 13.5. The first kappa shape index (κ1) is 15.3. The van der Waals surface area contributed by atoms with Crippen molar-refractivity contribution >= 4 is 0 Å². The van der Waals surface area contributed by atoms with Crippen LogP contribution >= 0.6 is 0 Å². The molecule has 112 valence electrons. The number of aliphatic hydroxyl groups is 1. The summed E-state index contributed by atoms with van der Waals surface area (Å²) in [5.41, 5.74) is 0.799. The molecule has 2 aromatic rings. The second-order valence-electron chi connectivity index (χ2n) is 4.59. The van der Waals surface area contributed by atoms with E-state index in [0.29, 0.717) is 17.1 Å². The average molecular weight is 294 g/mol. The second kappa shape index (κ2) is 6.54. The van der Waals surface area contributed by atoms with Crippen LogP contribution in [0.3, 0.4) is 0 Å². The molecular weight excluding hydrogens is 278 g/mol. The Kier molecular flexibility index (Phi) is 4.75. The predicted octanol–water partition coefficient (Wildman–Crippen LogP) is 3.61. The van der Waals surface area contributed by atoms with E-state index in [-0.39, 0.29) is 12.2 Å². The molecule has 0 heterocycles. The predicted molar refractivity (Wildman–Crippen MR) is 74.3 cm³/mol. The number of ether oxygens (including phenoxy) is 2. The van der Waals surface area contributed by atoms with Gasteiger partial charge in [0.05, 0.1) is 13.2 Å². The number of methoxy groups -OCH3 is 1. The lowest BCUT2D eigenvalue weighted by Gasteiger charge is -2.13. The largest absolute Gasteiger partial charge is 0.493 e. The lowest BCUT2D eigenvalue weighted by atomic mass is 10.1. The summed E-state index contributed by atoms with van der Waals surface area (Å²) in [6.07, 6.45) is -0.631. The van der Waals surface area contributed by atoms with E-state index >= 15 is 0 Å². The number of rotatable bonds is 5. The van der Waals surface area contributed by atoms with Gasteiger partial charge in [-0.2, -0.15) is 0 Å². The van der Waals surface area contributed by atoms with Crippen LogP contribution < -0.4 is 9.47 Å². The zero-order valence-electron chi connectivity index (χ0n) is 11.8. The summed E-state index contributed by atoms with van der Waals surface area (Å²) in [5.74, 6) is -1.01. The van der Waals surface area contributed by atoms with Crippen molar-refractivity contribution < 1.29 is 23.4 Å². The molecule has 0 aliphatic carbocycles. The Morgan fingerprint density at radius 1 is 1.14 bits per heavy atom. The van der Waals surface area contributed by atoms with E-state index in [1.54, 1.807) is 25.1 Å². The van der Waals surface area contributed by atoms with E-state index in [1.165, 1.54) is 19.2 Å². The van der Waals surface area contributed by atoms with E-state index in [4.69, 9.17) is 9.47 Å². The van der Waals surface area contributed by atoms with E-state index < -0.39 is 17.7 Å². The lowest BCUT2D eigenvalue weighted by molar-refractivity contribution is 0.198. The van der Waals surface area contributed by atoms with Gasteiger partial charge >= 0.3 is 0 Å². The van der Waals surface area contributed by atoms with Gasteiger partial charge in [-0.1, -0.05) is 18.2 Å². The normalized spacial score (nSPS) is 12.0. The molecular formula is C16H16F2O3. The summed E-state index contributed by atoms with van der Waals surface area (Å²) in [5, 5.41) is 9.52. The topological polar surface area (TPSA) is 38.7 Å². The summed E-state index contributed by atoms with van der Waals surface area (Å²) in [7, 11) is 1.47. The molecule has 0 unspecified atom stereocenters. The summed E-state index contributed by atoms with van der Waals surface area (Å²) < 4.78 is 37.3. The minimum atomic E-state index is -0.919. The van der Waals surface area contributed by atoms with Crippen LogP contribution in [-0.2, 0) is 6.61 Å². The molecule has 0 radical (unpaired) electrons. The van der Waals surface area contributed by atoms with E-state index in [1.807, 2.05) is 0 Å². The average Bonchev–Trinajstić information content (AvgIpc) is 2.48. The van der Waals surface area contributed by atoms with Crippen molar-refractivity contribution in [1.82, 2.24) is 0 Å². The Balaban J connectivity index is 2.18. The van der Waals surface area contributed by atoms with Crippen molar-refractivity contribution in [2.45, 2.75) is 19.6 Å². The fourth-order valence-corrected chi connectivity index (χ4v) is 1.88. The number of halogens is 2. The van der Waals surface area contributed by atoms with Crippen LogP contribution in [0.1, 0.15) is 24.2 Å². The van der Waals surface area contributed by atoms with Crippen molar-refractivity contribution in [1.29, 1.82) is 0 Å². The van der Waals surface area contributed by atoms with Gasteiger partial charge < -0.3 is 14.6 Å². The lowest BCUT2D eigenvalue weighted by Crippen LogP contribution is -2.02. The molecule has 0 amide bonds. The first-order valence-electron chi connectivity index (χ1n) is 6.44. The first-order valence-corrected chi connectivity index (χ1v) is 6.44. The number of benzene rings is 2. The Labute approximate surface area is 121 Å². The van der Waals surface area contributed by atoms with Crippen LogP contribution in [0.4, 0.5) is 8.78 Å². The van der Waals surface area contributed by atoms with Crippen molar-refractivity contribution in [2.24, 2.45) is 0 Å². The molecule has 2 aromatic carbocycles. The Bertz CT molecular complexity index is 627. The van der Waals surface area contributed by atoms with Gasteiger partial charge in [0, 0.05) is 5.56 Å². The van der Waals surface area contributed by atoms with Crippen molar-refractivity contribution in [3.8, 4) is 11.5 Å². The molecule has 0 fully saturated rings. The number of hydrogen-bond donors (Lipinski definition) is 1. The molecule has 0 saturated heterocycles. The van der Waals surface area contributed by atoms with Gasteiger partial charge in [0.1, 0.15) is 6.61 Å².